The summed E-state index contributed by atoms with van der Waals surface area (Å²) in [6.07, 6.45) is 68.4. The molecule has 0 bridgehead atoms. The molecule has 5 heteroatoms. The van der Waals surface area contributed by atoms with E-state index in [2.05, 4.69) is 69.4 Å². The first-order chi connectivity index (χ1) is 31.6. The monoisotopic (exact) mass is 897 g/mol. The molecule has 0 fully saturated rings. The zero-order valence-corrected chi connectivity index (χ0v) is 43.1. The fourth-order valence-corrected chi connectivity index (χ4v) is 8.14. The molecule has 0 aliphatic rings. The molecule has 0 radical (unpaired) electrons. The minimum atomic E-state index is -0.544. The maximum atomic E-state index is 12.8. The Bertz CT molecular complexity index is 1060. The van der Waals surface area contributed by atoms with E-state index in [0.717, 1.165) is 64.2 Å². The van der Waals surface area contributed by atoms with E-state index in [9.17, 15) is 9.59 Å². The summed E-state index contributed by atoms with van der Waals surface area (Å²) in [4.78, 5) is 25.5. The standard InChI is InChI=1S/C59H108O5/c1-4-7-10-13-16-19-22-25-27-29-30-31-32-35-37-40-43-46-49-52-58(60)63-56-57(64-59(61)53-50-47-44-41-38-34-24-21-18-15-12-9-6-3)55-62-54-51-48-45-42-39-36-33-28-26-23-20-17-14-11-8-5-2/h16,19,25,27,30-31,35,37,57H,4-15,17-18,20-24,26,28-29,32-34,36,38-56H2,1-3H3/b19-16-,27-25-,31-30-,37-35-/t57-/m1/s1. The van der Waals surface area contributed by atoms with Crippen molar-refractivity contribution in [2.45, 2.75) is 297 Å². The van der Waals surface area contributed by atoms with Crippen molar-refractivity contribution in [1.29, 1.82) is 0 Å². The van der Waals surface area contributed by atoms with Gasteiger partial charge in [-0.1, -0.05) is 262 Å². The van der Waals surface area contributed by atoms with Crippen molar-refractivity contribution in [3.05, 3.63) is 48.6 Å². The molecular formula is C59H108O5. The Morgan fingerprint density at radius 3 is 1.08 bits per heavy atom. The number of allylic oxidation sites excluding steroid dienone is 8. The van der Waals surface area contributed by atoms with E-state index < -0.39 is 6.10 Å². The zero-order valence-electron chi connectivity index (χ0n) is 43.1. The number of carbonyl (C=O) groups excluding carboxylic acids is 2. The normalized spacial score (nSPS) is 12.5. The minimum absolute atomic E-state index is 0.0738. The fourth-order valence-electron chi connectivity index (χ4n) is 8.14. The Kier molecular flexibility index (Phi) is 53.3. The van der Waals surface area contributed by atoms with Crippen LogP contribution in [0.4, 0.5) is 0 Å². The van der Waals surface area contributed by atoms with Crippen molar-refractivity contribution >= 4 is 11.9 Å². The summed E-state index contributed by atoms with van der Waals surface area (Å²) >= 11 is 0. The van der Waals surface area contributed by atoms with Gasteiger partial charge in [-0.2, -0.15) is 0 Å². The minimum Gasteiger partial charge on any atom is -0.462 e. The van der Waals surface area contributed by atoms with Crippen LogP contribution in [0.25, 0.3) is 0 Å². The molecule has 0 aliphatic carbocycles. The summed E-state index contributed by atoms with van der Waals surface area (Å²) in [7, 11) is 0. The Hall–Kier alpha value is -2.14. The van der Waals surface area contributed by atoms with Gasteiger partial charge in [0.05, 0.1) is 6.61 Å². The molecule has 0 spiro atoms. The molecule has 1 atom stereocenters. The highest BCUT2D eigenvalue weighted by atomic mass is 16.6. The molecule has 0 saturated carbocycles. The molecule has 64 heavy (non-hydrogen) atoms. The third-order valence-corrected chi connectivity index (χ3v) is 12.4. The van der Waals surface area contributed by atoms with Crippen molar-refractivity contribution in [3.8, 4) is 0 Å². The van der Waals surface area contributed by atoms with E-state index in [0.29, 0.717) is 19.4 Å². The van der Waals surface area contributed by atoms with Gasteiger partial charge in [-0.05, 0) is 64.2 Å². The van der Waals surface area contributed by atoms with Gasteiger partial charge in [-0.15, -0.1) is 0 Å². The third-order valence-electron chi connectivity index (χ3n) is 12.4. The molecule has 0 N–H and O–H groups in total. The predicted octanol–water partition coefficient (Wildman–Crippen LogP) is 19.1. The van der Waals surface area contributed by atoms with Crippen LogP contribution >= 0.6 is 0 Å². The first-order valence-electron chi connectivity index (χ1n) is 28.2. The van der Waals surface area contributed by atoms with Crippen LogP contribution in [0, 0.1) is 0 Å². The molecule has 0 heterocycles. The molecule has 0 aromatic carbocycles. The molecule has 0 aromatic rings. The second-order valence-electron chi connectivity index (χ2n) is 18.9. The Labute approximate surface area is 399 Å². The molecule has 0 aromatic heterocycles. The van der Waals surface area contributed by atoms with Crippen LogP contribution < -0.4 is 0 Å². The second-order valence-corrected chi connectivity index (χ2v) is 18.9. The molecule has 0 unspecified atom stereocenters. The molecular weight excluding hydrogens is 789 g/mol. The summed E-state index contributed by atoms with van der Waals surface area (Å²) in [6.45, 7) is 7.82. The average molecular weight is 898 g/mol. The number of ether oxygens (including phenoxy) is 3. The first kappa shape index (κ1) is 61.9. The van der Waals surface area contributed by atoms with Gasteiger partial charge in [0.1, 0.15) is 6.61 Å². The lowest BCUT2D eigenvalue weighted by molar-refractivity contribution is -0.163. The molecule has 0 rings (SSSR count). The van der Waals surface area contributed by atoms with Gasteiger partial charge >= 0.3 is 11.9 Å². The van der Waals surface area contributed by atoms with E-state index in [-0.39, 0.29) is 25.2 Å². The molecule has 0 saturated heterocycles. The van der Waals surface area contributed by atoms with Crippen LogP contribution in [0.5, 0.6) is 0 Å². The van der Waals surface area contributed by atoms with Gasteiger partial charge in [-0.3, -0.25) is 9.59 Å². The van der Waals surface area contributed by atoms with Gasteiger partial charge in [0.15, 0.2) is 6.10 Å². The maximum Gasteiger partial charge on any atom is 0.306 e. The SMILES string of the molecule is CCCCC/C=C\C/C=C\C/C=C\C/C=C\CCCCCC(=O)OC[C@@H](COCCCCCCCCCCCCCCCCCC)OC(=O)CCCCCCCCCCCCCCC. The lowest BCUT2D eigenvalue weighted by atomic mass is 10.0. The number of esters is 2. The van der Waals surface area contributed by atoms with Gasteiger partial charge in [-0.25, -0.2) is 0 Å². The second kappa shape index (κ2) is 55.2. The van der Waals surface area contributed by atoms with Crippen LogP contribution in [0.15, 0.2) is 48.6 Å². The summed E-state index contributed by atoms with van der Waals surface area (Å²) in [6, 6.07) is 0. The van der Waals surface area contributed by atoms with Crippen LogP contribution in [-0.2, 0) is 23.8 Å². The van der Waals surface area contributed by atoms with E-state index >= 15 is 0 Å². The number of carbonyl (C=O) groups is 2. The average Bonchev–Trinajstić information content (AvgIpc) is 3.30. The fraction of sp³-hybridized carbons (Fsp3) is 0.831. The van der Waals surface area contributed by atoms with Crippen LogP contribution in [0.3, 0.4) is 0 Å². The maximum absolute atomic E-state index is 12.8. The predicted molar refractivity (Wildman–Crippen MR) is 279 cm³/mol. The van der Waals surface area contributed by atoms with Crippen molar-refractivity contribution in [1.82, 2.24) is 0 Å². The highest BCUT2D eigenvalue weighted by Crippen LogP contribution is 2.16. The van der Waals surface area contributed by atoms with Crippen molar-refractivity contribution in [3.63, 3.8) is 0 Å². The van der Waals surface area contributed by atoms with E-state index in [1.807, 2.05) is 0 Å². The Morgan fingerprint density at radius 1 is 0.344 bits per heavy atom. The van der Waals surface area contributed by atoms with Gasteiger partial charge in [0, 0.05) is 19.4 Å². The van der Waals surface area contributed by atoms with Gasteiger partial charge < -0.3 is 14.2 Å². The number of unbranched alkanes of at least 4 members (excludes halogenated alkanes) is 33. The highest BCUT2D eigenvalue weighted by Gasteiger charge is 2.17. The molecule has 374 valence electrons. The Morgan fingerprint density at radius 2 is 0.656 bits per heavy atom. The van der Waals surface area contributed by atoms with Gasteiger partial charge in [0.25, 0.3) is 0 Å². The number of rotatable bonds is 52. The van der Waals surface area contributed by atoms with Crippen molar-refractivity contribution in [2.75, 3.05) is 19.8 Å². The number of hydrogen-bond acceptors (Lipinski definition) is 5. The summed E-state index contributed by atoms with van der Waals surface area (Å²) in [5.74, 6) is -0.417. The van der Waals surface area contributed by atoms with Crippen molar-refractivity contribution < 1.29 is 23.8 Å². The lowest BCUT2D eigenvalue weighted by Gasteiger charge is -2.18. The quantitative estimate of drug-likeness (QED) is 0.0346. The molecule has 0 aliphatic heterocycles. The smallest absolute Gasteiger partial charge is 0.306 e. The van der Waals surface area contributed by atoms with Crippen LogP contribution in [0.2, 0.25) is 0 Å². The summed E-state index contributed by atoms with van der Waals surface area (Å²) in [5.41, 5.74) is 0. The number of hydrogen-bond donors (Lipinski definition) is 0. The topological polar surface area (TPSA) is 61.8 Å². The Balaban J connectivity index is 4.28. The molecule has 0 amide bonds. The highest BCUT2D eigenvalue weighted by molar-refractivity contribution is 5.70. The van der Waals surface area contributed by atoms with E-state index in [1.54, 1.807) is 0 Å². The van der Waals surface area contributed by atoms with Crippen LogP contribution in [-0.4, -0.2) is 37.9 Å². The van der Waals surface area contributed by atoms with E-state index in [4.69, 9.17) is 14.2 Å². The molecule has 5 nitrogen and oxygen atoms in total. The summed E-state index contributed by atoms with van der Waals surface area (Å²) in [5, 5.41) is 0. The largest absolute Gasteiger partial charge is 0.462 e. The van der Waals surface area contributed by atoms with Gasteiger partial charge in [0.2, 0.25) is 0 Å². The lowest BCUT2D eigenvalue weighted by Crippen LogP contribution is -2.30. The van der Waals surface area contributed by atoms with Crippen molar-refractivity contribution in [2.24, 2.45) is 0 Å². The van der Waals surface area contributed by atoms with Crippen LogP contribution in [0.1, 0.15) is 290 Å². The summed E-state index contributed by atoms with van der Waals surface area (Å²) < 4.78 is 17.4. The third kappa shape index (κ3) is 52.5. The zero-order chi connectivity index (χ0) is 46.3. The van der Waals surface area contributed by atoms with E-state index in [1.165, 1.54) is 193 Å². The first-order valence-corrected chi connectivity index (χ1v) is 28.2.